The monoisotopic (exact) mass is 418 g/mol. The highest BCUT2D eigenvalue weighted by atomic mass is 35.6. The number of rotatable bonds is 2. The summed E-state index contributed by atoms with van der Waals surface area (Å²) < 4.78 is -2.82. The van der Waals surface area contributed by atoms with Crippen LogP contribution in [0.4, 0.5) is 0 Å². The van der Waals surface area contributed by atoms with Crippen LogP contribution in [0.5, 0.6) is 0 Å². The van der Waals surface area contributed by atoms with Crippen LogP contribution in [0.1, 0.15) is 11.1 Å². The summed E-state index contributed by atoms with van der Waals surface area (Å²) >= 11 is 36.5. The lowest BCUT2D eigenvalue weighted by Gasteiger charge is -2.12. The molecule has 0 nitrogen and oxygen atoms in total. The first kappa shape index (κ1) is 17.9. The number of alkyl halides is 6. The van der Waals surface area contributed by atoms with Gasteiger partial charge in [-0.15, -0.1) is 0 Å². The van der Waals surface area contributed by atoms with Crippen molar-refractivity contribution in [2.24, 2.45) is 0 Å². The zero-order chi connectivity index (χ0) is 15.7. The molecular formula is C14H8Cl6S. The normalized spacial score (nSPS) is 12.5. The summed E-state index contributed by atoms with van der Waals surface area (Å²) in [6.45, 7) is 0. The van der Waals surface area contributed by atoms with E-state index in [1.807, 2.05) is 24.3 Å². The largest absolute Gasteiger partial charge is 0.216 e. The first-order valence-corrected chi connectivity index (χ1v) is 8.77. The predicted octanol–water partition coefficient (Wildman–Crippen LogP) is 7.49. The highest BCUT2D eigenvalue weighted by molar-refractivity contribution is 7.99. The molecule has 0 spiro atoms. The van der Waals surface area contributed by atoms with Gasteiger partial charge in [-0.2, -0.15) is 0 Å². The lowest BCUT2D eigenvalue weighted by molar-refractivity contribution is 1.21. The molecule has 0 saturated heterocycles. The fraction of sp³-hybridized carbons (Fsp3) is 0.143. The Balaban J connectivity index is 2.12. The van der Waals surface area contributed by atoms with Gasteiger partial charge in [-0.05, 0) is 24.3 Å². The molecule has 2 rings (SSSR count). The second-order valence-corrected chi connectivity index (χ2v) is 9.86. The Labute approximate surface area is 157 Å². The van der Waals surface area contributed by atoms with Gasteiger partial charge in [0.25, 0.3) is 0 Å². The van der Waals surface area contributed by atoms with Gasteiger partial charge in [0.1, 0.15) is 0 Å². The molecule has 2 aromatic carbocycles. The molecule has 0 atom stereocenters. The van der Waals surface area contributed by atoms with Crippen molar-refractivity contribution in [2.75, 3.05) is 0 Å². The number of benzene rings is 2. The van der Waals surface area contributed by atoms with Gasteiger partial charge in [0.2, 0.25) is 7.59 Å². The molecule has 0 unspecified atom stereocenters. The number of hydrogen-bond donors (Lipinski definition) is 0. The topological polar surface area (TPSA) is 0 Å². The zero-order valence-corrected chi connectivity index (χ0v) is 15.6. The first-order chi connectivity index (χ1) is 9.66. The summed E-state index contributed by atoms with van der Waals surface area (Å²) in [6, 6.07) is 14.7. The highest BCUT2D eigenvalue weighted by Gasteiger charge is 2.23. The van der Waals surface area contributed by atoms with Crippen molar-refractivity contribution in [3.8, 4) is 0 Å². The van der Waals surface area contributed by atoms with Crippen LogP contribution in [0.2, 0.25) is 0 Å². The summed E-state index contributed by atoms with van der Waals surface area (Å²) in [6.07, 6.45) is 0. The van der Waals surface area contributed by atoms with E-state index in [2.05, 4.69) is 0 Å². The van der Waals surface area contributed by atoms with Crippen LogP contribution >= 0.6 is 81.4 Å². The van der Waals surface area contributed by atoms with Crippen LogP contribution in [0.25, 0.3) is 0 Å². The number of hydrogen-bond acceptors (Lipinski definition) is 1. The third-order valence-corrected chi connectivity index (χ3v) is 4.92. The van der Waals surface area contributed by atoms with Gasteiger partial charge < -0.3 is 0 Å². The van der Waals surface area contributed by atoms with E-state index in [9.17, 15) is 0 Å². The Bertz CT molecular complexity index is 540. The van der Waals surface area contributed by atoms with E-state index < -0.39 is 7.59 Å². The summed E-state index contributed by atoms with van der Waals surface area (Å²) in [7, 11) is 0. The molecular weight excluding hydrogens is 413 g/mol. The molecule has 7 heteroatoms. The van der Waals surface area contributed by atoms with Crippen LogP contribution in [-0.2, 0) is 7.59 Å². The molecule has 0 radical (unpaired) electrons. The van der Waals surface area contributed by atoms with Gasteiger partial charge in [0, 0.05) is 20.9 Å². The van der Waals surface area contributed by atoms with Crippen LogP contribution in [0, 0.1) is 0 Å². The van der Waals surface area contributed by atoms with Crippen LogP contribution in [-0.4, -0.2) is 0 Å². The molecule has 0 aliphatic carbocycles. The van der Waals surface area contributed by atoms with Crippen molar-refractivity contribution >= 4 is 81.4 Å². The van der Waals surface area contributed by atoms with E-state index in [1.165, 1.54) is 0 Å². The third kappa shape index (κ3) is 5.28. The summed E-state index contributed by atoms with van der Waals surface area (Å²) in [5.41, 5.74) is 1.26. The maximum Gasteiger partial charge on any atom is 0.216 e. The van der Waals surface area contributed by atoms with Crippen molar-refractivity contribution < 1.29 is 0 Å². The molecule has 0 saturated carbocycles. The van der Waals surface area contributed by atoms with Gasteiger partial charge in [0.15, 0.2) is 0 Å². The molecule has 0 heterocycles. The molecule has 0 aliphatic rings. The van der Waals surface area contributed by atoms with Crippen LogP contribution < -0.4 is 0 Å². The lowest BCUT2D eigenvalue weighted by Crippen LogP contribution is -1.99. The summed E-state index contributed by atoms with van der Waals surface area (Å²) in [4.78, 5) is 2.05. The van der Waals surface area contributed by atoms with Gasteiger partial charge in [-0.3, -0.25) is 0 Å². The third-order valence-electron chi connectivity index (χ3n) is 2.60. The van der Waals surface area contributed by atoms with E-state index in [0.717, 1.165) is 9.79 Å². The molecule has 0 fully saturated rings. The van der Waals surface area contributed by atoms with Gasteiger partial charge >= 0.3 is 0 Å². The van der Waals surface area contributed by atoms with E-state index in [1.54, 1.807) is 36.0 Å². The van der Waals surface area contributed by atoms with Crippen molar-refractivity contribution in [3.05, 3.63) is 59.7 Å². The van der Waals surface area contributed by atoms with Crippen molar-refractivity contribution in [3.63, 3.8) is 0 Å². The molecule has 21 heavy (non-hydrogen) atoms. The molecule has 0 bridgehead atoms. The Morgan fingerprint density at radius 3 is 1.05 bits per heavy atom. The maximum atomic E-state index is 5.82. The Hall–Kier alpha value is 0.530. The second kappa shape index (κ2) is 6.97. The predicted molar refractivity (Wildman–Crippen MR) is 95.5 cm³/mol. The van der Waals surface area contributed by atoms with Crippen molar-refractivity contribution in [1.29, 1.82) is 0 Å². The Morgan fingerprint density at radius 1 is 0.524 bits per heavy atom. The molecule has 0 N–H and O–H groups in total. The Morgan fingerprint density at radius 2 is 0.810 bits per heavy atom. The number of halogens is 6. The van der Waals surface area contributed by atoms with E-state index in [4.69, 9.17) is 69.6 Å². The van der Waals surface area contributed by atoms with E-state index >= 15 is 0 Å². The minimum atomic E-state index is -1.41. The van der Waals surface area contributed by atoms with Gasteiger partial charge in [-0.1, -0.05) is 106 Å². The SMILES string of the molecule is ClC(Cl)(Cl)c1ccc(Sc2ccc(C(Cl)(Cl)Cl)cc2)cc1. The molecule has 0 aromatic heterocycles. The Kier molecular flexibility index (Phi) is 5.93. The minimum absolute atomic E-state index is 0.628. The minimum Gasteiger partial charge on any atom is -0.0901 e. The highest BCUT2D eigenvalue weighted by Crippen LogP contribution is 2.40. The van der Waals surface area contributed by atoms with E-state index in [0.29, 0.717) is 11.1 Å². The molecule has 0 amide bonds. The lowest BCUT2D eigenvalue weighted by atomic mass is 10.2. The second-order valence-electron chi connectivity index (χ2n) is 4.15. The maximum absolute atomic E-state index is 5.82. The van der Waals surface area contributed by atoms with Crippen molar-refractivity contribution in [2.45, 2.75) is 17.4 Å². The fourth-order valence-electron chi connectivity index (χ4n) is 1.56. The van der Waals surface area contributed by atoms with Crippen LogP contribution in [0.3, 0.4) is 0 Å². The van der Waals surface area contributed by atoms with E-state index in [-0.39, 0.29) is 0 Å². The average molecular weight is 421 g/mol. The summed E-state index contributed by atoms with van der Waals surface area (Å²) in [5.74, 6) is 0. The van der Waals surface area contributed by atoms with Crippen LogP contribution in [0.15, 0.2) is 58.3 Å². The summed E-state index contributed by atoms with van der Waals surface area (Å²) in [5, 5.41) is 0. The van der Waals surface area contributed by atoms with Crippen molar-refractivity contribution in [1.82, 2.24) is 0 Å². The average Bonchev–Trinajstić information content (AvgIpc) is 2.38. The quantitative estimate of drug-likeness (QED) is 0.453. The first-order valence-electron chi connectivity index (χ1n) is 5.68. The smallest absolute Gasteiger partial charge is 0.0901 e. The zero-order valence-electron chi connectivity index (χ0n) is 10.3. The van der Waals surface area contributed by atoms with Gasteiger partial charge in [0.05, 0.1) is 0 Å². The molecule has 2 aromatic rings. The van der Waals surface area contributed by atoms with Gasteiger partial charge in [-0.25, -0.2) is 0 Å². The molecule has 0 aliphatic heterocycles. The standard InChI is InChI=1S/C14H8Cl6S/c15-13(16,17)9-1-5-11(6-2-9)21-12-7-3-10(4-8-12)14(18,19)20/h1-8H. The molecule has 112 valence electrons. The fourth-order valence-corrected chi connectivity index (χ4v) is 3.13.